The first-order chi connectivity index (χ1) is 9.65. The minimum atomic E-state index is -0.238. The van der Waals surface area contributed by atoms with Crippen molar-refractivity contribution in [3.8, 4) is 0 Å². The fourth-order valence-corrected chi connectivity index (χ4v) is 3.16. The highest BCUT2D eigenvalue weighted by Gasteiger charge is 2.28. The number of pyridine rings is 1. The lowest BCUT2D eigenvalue weighted by Gasteiger charge is -2.37. The molecule has 0 aromatic carbocycles. The highest BCUT2D eigenvalue weighted by molar-refractivity contribution is 5.48. The summed E-state index contributed by atoms with van der Waals surface area (Å²) in [5.74, 6) is 0.993. The number of nitrogens with one attached hydrogen (secondary N) is 1. The van der Waals surface area contributed by atoms with Gasteiger partial charge in [0, 0.05) is 24.8 Å². The molecule has 112 valence electrons. The van der Waals surface area contributed by atoms with Crippen molar-refractivity contribution < 1.29 is 5.11 Å². The molecular formula is C16H27N3O. The van der Waals surface area contributed by atoms with Crippen LogP contribution in [0.15, 0.2) is 18.3 Å². The molecule has 3 unspecified atom stereocenters. The minimum Gasteiger partial charge on any atom is -0.391 e. The number of rotatable bonds is 5. The van der Waals surface area contributed by atoms with Gasteiger partial charge in [0.2, 0.25) is 0 Å². The van der Waals surface area contributed by atoms with Crippen LogP contribution in [0.5, 0.6) is 0 Å². The summed E-state index contributed by atoms with van der Waals surface area (Å²) in [4.78, 5) is 6.74. The summed E-state index contributed by atoms with van der Waals surface area (Å²) in [6.45, 7) is 5.21. The standard InChI is InChI=1S/C16H27N3O/c1-4-17-12(2)13-8-7-11-18-16(13)19(3)14-9-5-6-10-15(14)20/h7-8,11-12,14-15,17,20H,4-6,9-10H2,1-3H3. The second kappa shape index (κ2) is 7.04. The zero-order chi connectivity index (χ0) is 14.5. The predicted molar refractivity (Wildman–Crippen MR) is 83.0 cm³/mol. The second-order valence-electron chi connectivity index (χ2n) is 5.73. The van der Waals surface area contributed by atoms with E-state index in [1.807, 2.05) is 12.3 Å². The molecule has 2 N–H and O–H groups in total. The zero-order valence-corrected chi connectivity index (χ0v) is 12.8. The van der Waals surface area contributed by atoms with Crippen molar-refractivity contribution >= 4 is 5.82 Å². The highest BCUT2D eigenvalue weighted by Crippen LogP contribution is 2.29. The fraction of sp³-hybridized carbons (Fsp3) is 0.688. The molecule has 2 rings (SSSR count). The maximum atomic E-state index is 10.2. The summed E-state index contributed by atoms with van der Waals surface area (Å²) >= 11 is 0. The highest BCUT2D eigenvalue weighted by atomic mass is 16.3. The molecule has 0 radical (unpaired) electrons. The topological polar surface area (TPSA) is 48.4 Å². The average molecular weight is 277 g/mol. The molecule has 1 aliphatic carbocycles. The van der Waals surface area contributed by atoms with Crippen molar-refractivity contribution in [2.24, 2.45) is 0 Å². The molecule has 1 heterocycles. The molecule has 3 atom stereocenters. The van der Waals surface area contributed by atoms with Crippen LogP contribution >= 0.6 is 0 Å². The van der Waals surface area contributed by atoms with Crippen LogP contribution in [-0.4, -0.2) is 35.8 Å². The van der Waals surface area contributed by atoms with Crippen LogP contribution in [0.3, 0.4) is 0 Å². The van der Waals surface area contributed by atoms with Gasteiger partial charge in [0.1, 0.15) is 5.82 Å². The van der Waals surface area contributed by atoms with E-state index >= 15 is 0 Å². The van der Waals surface area contributed by atoms with Crippen LogP contribution < -0.4 is 10.2 Å². The summed E-state index contributed by atoms with van der Waals surface area (Å²) in [6, 6.07) is 4.57. The molecule has 1 aliphatic rings. The van der Waals surface area contributed by atoms with Crippen LogP contribution in [0, 0.1) is 0 Å². The Morgan fingerprint density at radius 3 is 2.90 bits per heavy atom. The van der Waals surface area contributed by atoms with Crippen LogP contribution in [0.4, 0.5) is 5.82 Å². The normalized spacial score (nSPS) is 24.4. The minimum absolute atomic E-state index is 0.186. The summed E-state index contributed by atoms with van der Waals surface area (Å²) < 4.78 is 0. The van der Waals surface area contributed by atoms with Crippen LogP contribution in [-0.2, 0) is 0 Å². The van der Waals surface area contributed by atoms with Gasteiger partial charge in [0.15, 0.2) is 0 Å². The van der Waals surface area contributed by atoms with Crippen LogP contribution in [0.2, 0.25) is 0 Å². The lowest BCUT2D eigenvalue weighted by Crippen LogP contribution is -2.44. The van der Waals surface area contributed by atoms with E-state index in [1.54, 1.807) is 0 Å². The number of hydrogen-bond donors (Lipinski definition) is 2. The van der Waals surface area contributed by atoms with Gasteiger partial charge in [-0.3, -0.25) is 0 Å². The largest absolute Gasteiger partial charge is 0.391 e. The number of anilines is 1. The number of aromatic nitrogens is 1. The van der Waals surface area contributed by atoms with Crippen LogP contribution in [0.25, 0.3) is 0 Å². The Labute approximate surface area is 122 Å². The summed E-state index contributed by atoms with van der Waals surface area (Å²) in [6.07, 6.45) is 5.87. The zero-order valence-electron chi connectivity index (χ0n) is 12.8. The Hall–Kier alpha value is -1.13. The molecule has 0 spiro atoms. The molecule has 20 heavy (non-hydrogen) atoms. The van der Waals surface area contributed by atoms with E-state index < -0.39 is 0 Å². The first-order valence-electron chi connectivity index (χ1n) is 7.74. The Kier molecular flexibility index (Phi) is 5.38. The van der Waals surface area contributed by atoms with E-state index in [4.69, 9.17) is 0 Å². The van der Waals surface area contributed by atoms with Gasteiger partial charge in [-0.05, 0) is 32.4 Å². The maximum Gasteiger partial charge on any atom is 0.133 e. The van der Waals surface area contributed by atoms with E-state index in [2.05, 4.69) is 42.2 Å². The van der Waals surface area contributed by atoms with Gasteiger partial charge in [0.05, 0.1) is 12.1 Å². The Balaban J connectivity index is 2.22. The fourth-order valence-electron chi connectivity index (χ4n) is 3.16. The third-order valence-corrected chi connectivity index (χ3v) is 4.32. The predicted octanol–water partition coefficient (Wildman–Crippen LogP) is 2.49. The van der Waals surface area contributed by atoms with Gasteiger partial charge in [0.25, 0.3) is 0 Å². The maximum absolute atomic E-state index is 10.2. The van der Waals surface area contributed by atoms with Crippen molar-refractivity contribution in [1.29, 1.82) is 0 Å². The van der Waals surface area contributed by atoms with Crippen molar-refractivity contribution in [3.05, 3.63) is 23.9 Å². The molecule has 4 nitrogen and oxygen atoms in total. The third-order valence-electron chi connectivity index (χ3n) is 4.32. The average Bonchev–Trinajstić information content (AvgIpc) is 2.47. The summed E-state index contributed by atoms with van der Waals surface area (Å²) in [7, 11) is 2.06. The molecule has 0 amide bonds. The molecular weight excluding hydrogens is 250 g/mol. The van der Waals surface area contributed by atoms with Gasteiger partial charge < -0.3 is 15.3 Å². The van der Waals surface area contributed by atoms with Crippen molar-refractivity contribution in [2.75, 3.05) is 18.5 Å². The number of aliphatic hydroxyl groups excluding tert-OH is 1. The molecule has 0 bridgehead atoms. The molecule has 1 fully saturated rings. The Morgan fingerprint density at radius 1 is 1.45 bits per heavy atom. The van der Waals surface area contributed by atoms with E-state index in [1.165, 1.54) is 12.0 Å². The molecule has 1 saturated carbocycles. The Bertz CT molecular complexity index is 424. The molecule has 0 aliphatic heterocycles. The van der Waals surface area contributed by atoms with Crippen molar-refractivity contribution in [1.82, 2.24) is 10.3 Å². The van der Waals surface area contributed by atoms with Gasteiger partial charge in [-0.2, -0.15) is 0 Å². The third kappa shape index (κ3) is 3.30. The van der Waals surface area contributed by atoms with Crippen LogP contribution in [0.1, 0.15) is 51.1 Å². The number of nitrogens with zero attached hydrogens (tertiary/aromatic N) is 2. The molecule has 4 heteroatoms. The number of hydrogen-bond acceptors (Lipinski definition) is 4. The van der Waals surface area contributed by atoms with Crippen molar-refractivity contribution in [2.45, 2.75) is 57.7 Å². The van der Waals surface area contributed by atoms with Gasteiger partial charge in [-0.15, -0.1) is 0 Å². The summed E-state index contributed by atoms with van der Waals surface area (Å²) in [5, 5.41) is 13.7. The lowest BCUT2D eigenvalue weighted by molar-refractivity contribution is 0.106. The Morgan fingerprint density at radius 2 is 2.20 bits per heavy atom. The second-order valence-corrected chi connectivity index (χ2v) is 5.73. The van der Waals surface area contributed by atoms with Gasteiger partial charge >= 0.3 is 0 Å². The lowest BCUT2D eigenvalue weighted by atomic mass is 9.91. The SMILES string of the molecule is CCNC(C)c1cccnc1N(C)C1CCCCC1O. The van der Waals surface area contributed by atoms with Crippen molar-refractivity contribution in [3.63, 3.8) is 0 Å². The first-order valence-corrected chi connectivity index (χ1v) is 7.74. The monoisotopic (exact) mass is 277 g/mol. The van der Waals surface area contributed by atoms with Gasteiger partial charge in [-0.25, -0.2) is 4.98 Å². The smallest absolute Gasteiger partial charge is 0.133 e. The van der Waals surface area contributed by atoms with E-state index in [-0.39, 0.29) is 18.2 Å². The molecule has 1 aromatic heterocycles. The molecule has 1 aromatic rings. The number of aliphatic hydroxyl groups is 1. The van der Waals surface area contributed by atoms with E-state index in [9.17, 15) is 5.11 Å². The van der Waals surface area contributed by atoms with Gasteiger partial charge in [-0.1, -0.05) is 25.8 Å². The van der Waals surface area contributed by atoms with E-state index in [0.29, 0.717) is 0 Å². The first kappa shape index (κ1) is 15.3. The van der Waals surface area contributed by atoms with E-state index in [0.717, 1.165) is 31.6 Å². The molecule has 0 saturated heterocycles. The number of likely N-dealkylation sites (N-methyl/N-ethyl adjacent to an activating group) is 1. The quantitative estimate of drug-likeness (QED) is 0.868. The summed E-state index contributed by atoms with van der Waals surface area (Å²) in [5.41, 5.74) is 1.20.